The van der Waals surface area contributed by atoms with Gasteiger partial charge < -0.3 is 15.6 Å². The van der Waals surface area contributed by atoms with Crippen molar-refractivity contribution in [1.82, 2.24) is 0 Å². The van der Waals surface area contributed by atoms with Crippen molar-refractivity contribution in [2.45, 2.75) is 12.5 Å². The molecular weight excluding hydrogens is 249 g/mol. The van der Waals surface area contributed by atoms with Gasteiger partial charge in [0.2, 0.25) is 0 Å². The normalized spacial score (nSPS) is 12.8. The number of aliphatic hydroxyl groups is 1. The lowest BCUT2D eigenvalue weighted by Gasteiger charge is -2.17. The summed E-state index contributed by atoms with van der Waals surface area (Å²) in [4.78, 5) is 0. The predicted octanol–water partition coefficient (Wildman–Crippen LogP) is 2.39. The van der Waals surface area contributed by atoms with Gasteiger partial charge in [-0.15, -0.1) is 0 Å². The molecule has 0 fully saturated rings. The molecule has 0 saturated carbocycles. The lowest BCUT2D eigenvalue weighted by Crippen LogP contribution is -2.17. The van der Waals surface area contributed by atoms with Crippen molar-refractivity contribution < 1.29 is 9.84 Å². The summed E-state index contributed by atoms with van der Waals surface area (Å²) >= 11 is 11.9. The zero-order valence-electron chi connectivity index (χ0n) is 8.83. The first kappa shape index (κ1) is 13.7. The molecule has 0 heterocycles. The van der Waals surface area contributed by atoms with Gasteiger partial charge in [0.1, 0.15) is 0 Å². The lowest BCUT2D eigenvalue weighted by atomic mass is 10.1. The number of aliphatic hydroxyl groups excluding tert-OH is 1. The maximum absolute atomic E-state index is 8.66. The van der Waals surface area contributed by atoms with Crippen molar-refractivity contribution in [3.63, 3.8) is 0 Å². The van der Waals surface area contributed by atoms with Crippen LogP contribution in [0.2, 0.25) is 10.0 Å². The first-order valence-electron chi connectivity index (χ1n) is 5.06. The fourth-order valence-electron chi connectivity index (χ4n) is 1.34. The molecule has 1 atom stereocenters. The van der Waals surface area contributed by atoms with Gasteiger partial charge in [0, 0.05) is 35.4 Å². The summed E-state index contributed by atoms with van der Waals surface area (Å²) in [6.07, 6.45) is 0.298. The minimum atomic E-state index is -0.280. The Kier molecular flexibility index (Phi) is 6.09. The highest BCUT2D eigenvalue weighted by molar-refractivity contribution is 6.33. The zero-order chi connectivity index (χ0) is 12.0. The van der Waals surface area contributed by atoms with Crippen LogP contribution in [-0.4, -0.2) is 24.9 Å². The Morgan fingerprint density at radius 3 is 2.75 bits per heavy atom. The van der Waals surface area contributed by atoms with Crippen molar-refractivity contribution in [2.24, 2.45) is 5.73 Å². The van der Waals surface area contributed by atoms with E-state index in [1.54, 1.807) is 18.2 Å². The van der Waals surface area contributed by atoms with Crippen LogP contribution in [0.1, 0.15) is 18.1 Å². The number of hydrogen-bond acceptors (Lipinski definition) is 3. The van der Waals surface area contributed by atoms with Gasteiger partial charge in [-0.25, -0.2) is 0 Å². The van der Waals surface area contributed by atoms with Crippen molar-refractivity contribution in [3.05, 3.63) is 33.8 Å². The van der Waals surface area contributed by atoms with Gasteiger partial charge in [-0.05, 0) is 24.6 Å². The Labute approximate surface area is 105 Å². The molecule has 0 aliphatic heterocycles. The third-order valence-corrected chi connectivity index (χ3v) is 2.72. The van der Waals surface area contributed by atoms with Crippen LogP contribution in [0.3, 0.4) is 0 Å². The molecule has 3 nitrogen and oxygen atoms in total. The predicted molar refractivity (Wildman–Crippen MR) is 65.9 cm³/mol. The summed E-state index contributed by atoms with van der Waals surface area (Å²) in [5, 5.41) is 9.85. The molecule has 0 radical (unpaired) electrons. The Hall–Kier alpha value is -0.320. The highest BCUT2D eigenvalue weighted by Crippen LogP contribution is 2.28. The van der Waals surface area contributed by atoms with Gasteiger partial charge >= 0.3 is 0 Å². The van der Waals surface area contributed by atoms with E-state index in [9.17, 15) is 0 Å². The average Bonchev–Trinajstić information content (AvgIpc) is 2.28. The van der Waals surface area contributed by atoms with E-state index < -0.39 is 0 Å². The third kappa shape index (κ3) is 3.92. The summed E-state index contributed by atoms with van der Waals surface area (Å²) in [6.45, 7) is 0.868. The van der Waals surface area contributed by atoms with Crippen LogP contribution in [0, 0.1) is 0 Å². The number of hydrogen-bond donors (Lipinski definition) is 2. The second-order valence-corrected chi connectivity index (χ2v) is 4.18. The van der Waals surface area contributed by atoms with Gasteiger partial charge in [-0.1, -0.05) is 23.2 Å². The minimum Gasteiger partial charge on any atom is -0.396 e. The highest BCUT2D eigenvalue weighted by Gasteiger charge is 2.14. The molecule has 0 amide bonds. The third-order valence-electron chi connectivity index (χ3n) is 2.14. The summed E-state index contributed by atoms with van der Waals surface area (Å²) in [6, 6.07) is 5.19. The van der Waals surface area contributed by atoms with E-state index in [1.807, 2.05) is 0 Å². The van der Waals surface area contributed by atoms with Crippen LogP contribution in [-0.2, 0) is 4.74 Å². The van der Waals surface area contributed by atoms with E-state index in [-0.39, 0.29) is 12.7 Å². The first-order chi connectivity index (χ1) is 7.69. The van der Waals surface area contributed by atoms with Crippen LogP contribution in [0.5, 0.6) is 0 Å². The molecule has 0 spiro atoms. The Morgan fingerprint density at radius 1 is 1.38 bits per heavy atom. The Bertz CT molecular complexity index is 334. The summed E-state index contributed by atoms with van der Waals surface area (Å²) in [5.74, 6) is 0. The monoisotopic (exact) mass is 263 g/mol. The van der Waals surface area contributed by atoms with Crippen molar-refractivity contribution in [3.8, 4) is 0 Å². The second kappa shape index (κ2) is 7.09. The summed E-state index contributed by atoms with van der Waals surface area (Å²) < 4.78 is 5.53. The molecule has 1 unspecified atom stereocenters. The molecular formula is C11H15Cl2NO2. The number of ether oxygens (including phenoxy) is 1. The second-order valence-electron chi connectivity index (χ2n) is 3.34. The molecule has 0 aliphatic carbocycles. The quantitative estimate of drug-likeness (QED) is 0.776. The summed E-state index contributed by atoms with van der Waals surface area (Å²) in [7, 11) is 0. The van der Waals surface area contributed by atoms with Gasteiger partial charge in [-0.2, -0.15) is 0 Å². The van der Waals surface area contributed by atoms with E-state index in [4.69, 9.17) is 38.8 Å². The standard InChI is InChI=1S/C11H15Cl2NO2/c12-8-2-3-10(13)9(6-8)11(7-14)16-5-1-4-15/h2-3,6,11,15H,1,4-5,7,14H2. The molecule has 16 heavy (non-hydrogen) atoms. The number of rotatable bonds is 6. The van der Waals surface area contributed by atoms with Gasteiger partial charge in [0.05, 0.1) is 6.10 Å². The maximum Gasteiger partial charge on any atom is 0.0961 e. The van der Waals surface area contributed by atoms with Crippen molar-refractivity contribution in [1.29, 1.82) is 0 Å². The topological polar surface area (TPSA) is 55.5 Å². The number of benzene rings is 1. The molecule has 0 aromatic heterocycles. The van der Waals surface area contributed by atoms with Crippen molar-refractivity contribution in [2.75, 3.05) is 19.8 Å². The number of nitrogens with two attached hydrogens (primary N) is 1. The SMILES string of the molecule is NCC(OCCCO)c1cc(Cl)ccc1Cl. The minimum absolute atomic E-state index is 0.0978. The fraction of sp³-hybridized carbons (Fsp3) is 0.455. The molecule has 1 rings (SSSR count). The first-order valence-corrected chi connectivity index (χ1v) is 5.82. The Balaban J connectivity index is 2.73. The Morgan fingerprint density at radius 2 is 2.12 bits per heavy atom. The molecule has 0 bridgehead atoms. The average molecular weight is 264 g/mol. The smallest absolute Gasteiger partial charge is 0.0961 e. The zero-order valence-corrected chi connectivity index (χ0v) is 10.3. The molecule has 1 aromatic carbocycles. The van der Waals surface area contributed by atoms with E-state index in [0.717, 1.165) is 5.56 Å². The summed E-state index contributed by atoms with van der Waals surface area (Å²) in [5.41, 5.74) is 6.40. The van der Waals surface area contributed by atoms with Crippen molar-refractivity contribution >= 4 is 23.2 Å². The van der Waals surface area contributed by atoms with Gasteiger partial charge in [0.15, 0.2) is 0 Å². The van der Waals surface area contributed by atoms with E-state index >= 15 is 0 Å². The molecule has 5 heteroatoms. The molecule has 1 aromatic rings. The van der Waals surface area contributed by atoms with Gasteiger partial charge in [0.25, 0.3) is 0 Å². The number of halogens is 2. The molecule has 90 valence electrons. The van der Waals surface area contributed by atoms with E-state index in [2.05, 4.69) is 0 Å². The van der Waals surface area contributed by atoms with Gasteiger partial charge in [-0.3, -0.25) is 0 Å². The molecule has 0 aliphatic rings. The fourth-order valence-corrected chi connectivity index (χ4v) is 1.76. The highest BCUT2D eigenvalue weighted by atomic mass is 35.5. The lowest BCUT2D eigenvalue weighted by molar-refractivity contribution is 0.0489. The van der Waals surface area contributed by atoms with E-state index in [1.165, 1.54) is 0 Å². The molecule has 0 saturated heterocycles. The van der Waals surface area contributed by atoms with Crippen LogP contribution < -0.4 is 5.73 Å². The largest absolute Gasteiger partial charge is 0.396 e. The van der Waals surface area contributed by atoms with Crippen LogP contribution in [0.4, 0.5) is 0 Å². The maximum atomic E-state index is 8.66. The van der Waals surface area contributed by atoms with E-state index in [0.29, 0.717) is 29.6 Å². The van der Waals surface area contributed by atoms with Crippen LogP contribution in [0.15, 0.2) is 18.2 Å². The van der Waals surface area contributed by atoms with Crippen LogP contribution >= 0.6 is 23.2 Å². The molecule has 3 N–H and O–H groups in total. The van der Waals surface area contributed by atoms with Crippen LogP contribution in [0.25, 0.3) is 0 Å².